The van der Waals surface area contributed by atoms with Crippen molar-refractivity contribution in [3.63, 3.8) is 0 Å². The Balaban J connectivity index is 1.64. The maximum Gasteiger partial charge on any atom is 0.247 e. The van der Waals surface area contributed by atoms with Crippen molar-refractivity contribution in [1.82, 2.24) is 24.3 Å². The summed E-state index contributed by atoms with van der Waals surface area (Å²) in [5, 5.41) is 10.8. The van der Waals surface area contributed by atoms with Crippen LogP contribution in [0.4, 0.5) is 17.5 Å². The number of amides is 1. The first kappa shape index (κ1) is 23.4. The topological polar surface area (TPSA) is 108 Å². The second-order valence-electron chi connectivity index (χ2n) is 7.18. The number of fused-ring (bicyclic) bond motifs is 1. The Kier molecular flexibility index (Phi) is 6.62. The number of halogens is 2. The molecule has 0 spiro atoms. The third-order valence-electron chi connectivity index (χ3n) is 5.01. The largest absolute Gasteiger partial charge is 0.495 e. The summed E-state index contributed by atoms with van der Waals surface area (Å²) in [6, 6.07) is 3.49. The van der Waals surface area contributed by atoms with Gasteiger partial charge in [-0.1, -0.05) is 29.8 Å². The van der Waals surface area contributed by atoms with Gasteiger partial charge in [0.05, 0.1) is 54.2 Å². The third-order valence-corrected chi connectivity index (χ3v) is 5.84. The summed E-state index contributed by atoms with van der Waals surface area (Å²) in [5.74, 6) is 1.30. The van der Waals surface area contributed by atoms with Gasteiger partial charge in [0.25, 0.3) is 0 Å². The highest BCUT2D eigenvalue weighted by atomic mass is 35.5. The molecule has 34 heavy (non-hydrogen) atoms. The van der Waals surface area contributed by atoms with Crippen molar-refractivity contribution < 1.29 is 14.3 Å². The van der Waals surface area contributed by atoms with E-state index in [1.807, 2.05) is 16.8 Å². The lowest BCUT2D eigenvalue weighted by atomic mass is 10.2. The lowest BCUT2D eigenvalue weighted by molar-refractivity contribution is -0.111. The van der Waals surface area contributed by atoms with Gasteiger partial charge in [0.2, 0.25) is 11.9 Å². The molecule has 0 aliphatic rings. The van der Waals surface area contributed by atoms with Gasteiger partial charge in [0.1, 0.15) is 17.2 Å². The number of rotatable bonds is 8. The molecule has 0 unspecified atom stereocenters. The molecule has 0 aliphatic carbocycles. The van der Waals surface area contributed by atoms with Crippen LogP contribution in [0.15, 0.2) is 43.4 Å². The van der Waals surface area contributed by atoms with E-state index >= 15 is 0 Å². The molecule has 0 bridgehead atoms. The van der Waals surface area contributed by atoms with Crippen molar-refractivity contribution in [1.29, 1.82) is 0 Å². The van der Waals surface area contributed by atoms with Crippen LogP contribution in [-0.4, -0.2) is 44.4 Å². The summed E-state index contributed by atoms with van der Waals surface area (Å²) in [4.78, 5) is 20.6. The summed E-state index contributed by atoms with van der Waals surface area (Å²) in [5.41, 5.74) is 2.58. The zero-order valence-corrected chi connectivity index (χ0v) is 20.1. The van der Waals surface area contributed by atoms with Crippen LogP contribution in [0.5, 0.6) is 11.5 Å². The van der Waals surface area contributed by atoms with Gasteiger partial charge in [-0.15, -0.1) is 0 Å². The van der Waals surface area contributed by atoms with Crippen LogP contribution in [0.2, 0.25) is 10.0 Å². The van der Waals surface area contributed by atoms with Crippen molar-refractivity contribution in [2.24, 2.45) is 7.05 Å². The number of hydrogen-bond acceptors (Lipinski definition) is 7. The Morgan fingerprint density at radius 1 is 1.24 bits per heavy atom. The summed E-state index contributed by atoms with van der Waals surface area (Å²) in [7, 11) is 4.80. The van der Waals surface area contributed by atoms with Crippen LogP contribution in [-0.2, 0) is 18.4 Å². The molecule has 0 saturated heterocycles. The molecular formula is C22H21Cl2N7O3. The van der Waals surface area contributed by atoms with Crippen LogP contribution in [0.25, 0.3) is 11.0 Å². The zero-order valence-electron chi connectivity index (χ0n) is 18.6. The van der Waals surface area contributed by atoms with Crippen molar-refractivity contribution in [3.05, 3.63) is 59.0 Å². The molecule has 0 aliphatic heterocycles. The van der Waals surface area contributed by atoms with E-state index in [-0.39, 0.29) is 5.91 Å². The lowest BCUT2D eigenvalue weighted by Crippen LogP contribution is -2.09. The van der Waals surface area contributed by atoms with E-state index in [1.54, 1.807) is 30.2 Å². The van der Waals surface area contributed by atoms with Crippen LogP contribution in [0.1, 0.15) is 5.56 Å². The minimum Gasteiger partial charge on any atom is -0.495 e. The average Bonchev–Trinajstić information content (AvgIpc) is 3.38. The fourth-order valence-electron chi connectivity index (χ4n) is 3.38. The minimum absolute atomic E-state index is 0.317. The van der Waals surface area contributed by atoms with E-state index < -0.39 is 0 Å². The number of ether oxygens (including phenoxy) is 2. The number of aryl methyl sites for hydroxylation is 1. The number of nitrogens with zero attached hydrogens (tertiary/aromatic N) is 5. The second kappa shape index (κ2) is 9.62. The van der Waals surface area contributed by atoms with E-state index in [4.69, 9.17) is 32.7 Å². The molecule has 10 nitrogen and oxygen atoms in total. The van der Waals surface area contributed by atoms with Gasteiger partial charge in [-0.05, 0) is 12.1 Å². The molecule has 2 N–H and O–H groups in total. The Morgan fingerprint density at radius 2 is 1.94 bits per heavy atom. The normalized spacial score (nSPS) is 10.9. The fraction of sp³-hybridized carbons (Fsp3) is 0.182. The molecule has 4 aromatic rings. The van der Waals surface area contributed by atoms with E-state index in [9.17, 15) is 4.79 Å². The molecule has 0 radical (unpaired) electrons. The Hall–Kier alpha value is -3.76. The van der Waals surface area contributed by atoms with Gasteiger partial charge in [0.15, 0.2) is 5.82 Å². The number of nitrogens with one attached hydrogen (secondary N) is 2. The first-order valence-electron chi connectivity index (χ1n) is 9.99. The standard InChI is InChI=1S/C22H21Cl2N7O3/c1-5-18(32)26-14-11-30(2)29-21(14)28-22-25-9-15-13(27-22)6-7-31(15)10-12-19(23)16(33-3)8-17(34-4)20(12)24/h5-9,11H,1,10H2,2-4H3,(H,26,32)(H,25,27,28,29). The van der Waals surface area contributed by atoms with E-state index in [2.05, 4.69) is 32.3 Å². The molecular weight excluding hydrogens is 481 g/mol. The van der Waals surface area contributed by atoms with Gasteiger partial charge in [0, 0.05) is 24.9 Å². The predicted molar refractivity (Wildman–Crippen MR) is 132 cm³/mol. The molecule has 12 heteroatoms. The average molecular weight is 502 g/mol. The summed E-state index contributed by atoms with van der Waals surface area (Å²) >= 11 is 13.1. The number of benzene rings is 1. The van der Waals surface area contributed by atoms with Gasteiger partial charge >= 0.3 is 0 Å². The molecule has 3 aromatic heterocycles. The zero-order chi connectivity index (χ0) is 24.4. The fourth-order valence-corrected chi connectivity index (χ4v) is 4.00. The second-order valence-corrected chi connectivity index (χ2v) is 7.93. The molecule has 1 amide bonds. The van der Waals surface area contributed by atoms with E-state index in [0.717, 1.165) is 5.52 Å². The molecule has 0 saturated carbocycles. The highest BCUT2D eigenvalue weighted by Gasteiger charge is 2.19. The lowest BCUT2D eigenvalue weighted by Gasteiger charge is -2.15. The first-order valence-corrected chi connectivity index (χ1v) is 10.7. The molecule has 0 fully saturated rings. The van der Waals surface area contributed by atoms with E-state index in [0.29, 0.717) is 56.6 Å². The van der Waals surface area contributed by atoms with Crippen LogP contribution < -0.4 is 20.1 Å². The van der Waals surface area contributed by atoms with Crippen LogP contribution in [0, 0.1) is 0 Å². The van der Waals surface area contributed by atoms with Gasteiger partial charge < -0.3 is 24.7 Å². The predicted octanol–water partition coefficient (Wildman–Crippen LogP) is 4.41. The van der Waals surface area contributed by atoms with Crippen molar-refractivity contribution in [3.8, 4) is 11.5 Å². The number of anilines is 3. The first-order chi connectivity index (χ1) is 16.3. The summed E-state index contributed by atoms with van der Waals surface area (Å²) < 4.78 is 14.2. The van der Waals surface area contributed by atoms with Gasteiger partial charge in [-0.2, -0.15) is 5.10 Å². The molecule has 0 atom stereocenters. The van der Waals surface area contributed by atoms with Crippen molar-refractivity contribution in [2.75, 3.05) is 24.9 Å². The smallest absolute Gasteiger partial charge is 0.247 e. The SMILES string of the molecule is C=CC(=O)Nc1cn(C)nc1Nc1ncc2c(ccn2Cc2c(Cl)c(OC)cc(OC)c2Cl)n1. The van der Waals surface area contributed by atoms with Crippen LogP contribution >= 0.6 is 23.2 Å². The highest BCUT2D eigenvalue weighted by Crippen LogP contribution is 2.41. The number of hydrogen-bond donors (Lipinski definition) is 2. The molecule has 176 valence electrons. The maximum absolute atomic E-state index is 11.7. The van der Waals surface area contributed by atoms with Crippen LogP contribution in [0.3, 0.4) is 0 Å². The monoisotopic (exact) mass is 501 g/mol. The summed E-state index contributed by atoms with van der Waals surface area (Å²) in [6.07, 6.45) is 6.38. The van der Waals surface area contributed by atoms with Crippen molar-refractivity contribution >= 4 is 57.6 Å². The number of methoxy groups -OCH3 is 2. The maximum atomic E-state index is 11.7. The van der Waals surface area contributed by atoms with Crippen molar-refractivity contribution in [2.45, 2.75) is 6.54 Å². The quantitative estimate of drug-likeness (QED) is 0.344. The number of carbonyl (C=O) groups excluding carboxylic acids is 1. The minimum atomic E-state index is -0.351. The highest BCUT2D eigenvalue weighted by molar-refractivity contribution is 6.37. The molecule has 1 aromatic carbocycles. The third kappa shape index (κ3) is 4.50. The Bertz CT molecular complexity index is 1370. The number of aromatic nitrogens is 5. The number of carbonyl (C=O) groups is 1. The Morgan fingerprint density at radius 3 is 2.59 bits per heavy atom. The molecule has 4 rings (SSSR count). The molecule has 3 heterocycles. The van der Waals surface area contributed by atoms with Gasteiger partial charge in [-0.3, -0.25) is 9.48 Å². The van der Waals surface area contributed by atoms with E-state index in [1.165, 1.54) is 20.3 Å². The van der Waals surface area contributed by atoms with Gasteiger partial charge in [-0.25, -0.2) is 9.97 Å². The Labute approximate surface area is 205 Å². The summed E-state index contributed by atoms with van der Waals surface area (Å²) in [6.45, 7) is 3.81.